The highest BCUT2D eigenvalue weighted by Gasteiger charge is 2.11. The van der Waals surface area contributed by atoms with E-state index >= 15 is 0 Å². The van der Waals surface area contributed by atoms with Crippen molar-refractivity contribution in [1.82, 2.24) is 4.98 Å². The fourth-order valence-electron chi connectivity index (χ4n) is 2.56. The Bertz CT molecular complexity index is 1050. The van der Waals surface area contributed by atoms with Gasteiger partial charge in [0, 0.05) is 23.7 Å². The van der Waals surface area contributed by atoms with Crippen LogP contribution < -0.4 is 4.90 Å². The third-order valence-corrected chi connectivity index (χ3v) is 5.96. The van der Waals surface area contributed by atoms with Crippen LogP contribution in [0.15, 0.2) is 46.1 Å². The zero-order valence-electron chi connectivity index (χ0n) is 15.3. The van der Waals surface area contributed by atoms with Crippen LogP contribution >= 0.6 is 22.7 Å². The quantitative estimate of drug-likeness (QED) is 0.309. The Hall–Kier alpha value is -3.09. The first kappa shape index (κ1) is 19.7. The minimum Gasteiger partial charge on any atom is -0.477 e. The summed E-state index contributed by atoms with van der Waals surface area (Å²) in [5.74, 6) is -1.24. The van der Waals surface area contributed by atoms with Crippen molar-refractivity contribution in [3.05, 3.63) is 40.8 Å². The average molecular weight is 412 g/mol. The number of carboxylic acids is 1. The number of hydrogen-bond acceptors (Lipinski definition) is 8. The monoisotopic (exact) mass is 411 g/mol. The molecule has 0 aliphatic rings. The number of hydrogen-bond donors (Lipinski definition) is 1. The molecule has 0 unspecified atom stereocenters. The molecule has 0 radical (unpaired) electrons. The molecule has 0 amide bonds. The largest absolute Gasteiger partial charge is 0.477 e. The molecule has 1 N–H and O–H groups in total. The summed E-state index contributed by atoms with van der Waals surface area (Å²) in [4.78, 5) is 19.0. The van der Waals surface area contributed by atoms with E-state index in [1.165, 1.54) is 28.7 Å². The van der Waals surface area contributed by atoms with Gasteiger partial charge in [0.15, 0.2) is 0 Å². The van der Waals surface area contributed by atoms with Crippen LogP contribution in [0.5, 0.6) is 0 Å². The molecule has 2 aromatic heterocycles. The van der Waals surface area contributed by atoms with Crippen molar-refractivity contribution in [2.24, 2.45) is 10.2 Å². The van der Waals surface area contributed by atoms with Crippen molar-refractivity contribution >= 4 is 60.8 Å². The summed E-state index contributed by atoms with van der Waals surface area (Å²) in [6.07, 6.45) is 1.35. The summed E-state index contributed by atoms with van der Waals surface area (Å²) in [5.41, 5.74) is 1.59. The van der Waals surface area contributed by atoms with E-state index in [0.717, 1.165) is 34.0 Å². The maximum absolute atomic E-state index is 10.9. The number of aromatic nitrogens is 1. The fraction of sp³-hybridized carbons (Fsp3) is 0.211. The van der Waals surface area contributed by atoms with Gasteiger partial charge in [-0.05, 0) is 50.3 Å². The molecule has 0 spiro atoms. The Balaban J connectivity index is 1.75. The van der Waals surface area contributed by atoms with Crippen molar-refractivity contribution in [3.63, 3.8) is 0 Å². The van der Waals surface area contributed by atoms with E-state index in [-0.39, 0.29) is 5.57 Å². The number of azo groups is 1. The molecule has 0 aliphatic carbocycles. The summed E-state index contributed by atoms with van der Waals surface area (Å²) >= 11 is 2.68. The number of thiazole rings is 1. The lowest BCUT2D eigenvalue weighted by Gasteiger charge is -2.20. The van der Waals surface area contributed by atoms with Crippen LogP contribution in [0.25, 0.3) is 15.6 Å². The topological polar surface area (TPSA) is 102 Å². The summed E-state index contributed by atoms with van der Waals surface area (Å²) in [7, 11) is 0. The second-order valence-corrected chi connectivity index (χ2v) is 7.75. The van der Waals surface area contributed by atoms with Gasteiger partial charge in [0.1, 0.15) is 16.5 Å². The molecule has 0 saturated heterocycles. The molecular formula is C19H17N5O2S2. The molecule has 0 aliphatic heterocycles. The molecule has 0 saturated carbocycles. The van der Waals surface area contributed by atoms with Gasteiger partial charge in [-0.25, -0.2) is 9.78 Å². The van der Waals surface area contributed by atoms with E-state index < -0.39 is 5.97 Å². The van der Waals surface area contributed by atoms with E-state index in [9.17, 15) is 4.79 Å². The molecule has 2 heterocycles. The van der Waals surface area contributed by atoms with Gasteiger partial charge in [-0.1, -0.05) is 11.3 Å². The predicted octanol–water partition coefficient (Wildman–Crippen LogP) is 5.61. The van der Waals surface area contributed by atoms with Crippen molar-refractivity contribution < 1.29 is 9.90 Å². The first-order chi connectivity index (χ1) is 13.5. The van der Waals surface area contributed by atoms with Crippen LogP contribution in [0.4, 0.5) is 16.5 Å². The third-order valence-electron chi connectivity index (χ3n) is 3.96. The van der Waals surface area contributed by atoms with Gasteiger partial charge in [-0.2, -0.15) is 5.26 Å². The Kier molecular flexibility index (Phi) is 6.13. The summed E-state index contributed by atoms with van der Waals surface area (Å²) < 4.78 is 0.879. The Morgan fingerprint density at radius 2 is 1.96 bits per heavy atom. The lowest BCUT2D eigenvalue weighted by molar-refractivity contribution is -0.132. The lowest BCUT2D eigenvalue weighted by atomic mass is 10.2. The predicted molar refractivity (Wildman–Crippen MR) is 113 cm³/mol. The summed E-state index contributed by atoms with van der Waals surface area (Å²) in [6, 6.07) is 11.4. The van der Waals surface area contributed by atoms with Crippen LogP contribution in [0, 0.1) is 11.3 Å². The summed E-state index contributed by atoms with van der Waals surface area (Å²) in [5, 5.41) is 26.7. The molecule has 0 atom stereocenters. The molecule has 3 rings (SSSR count). The maximum atomic E-state index is 10.9. The van der Waals surface area contributed by atoms with E-state index in [2.05, 4.69) is 34.0 Å². The number of fused-ring (bicyclic) bond motifs is 1. The highest BCUT2D eigenvalue weighted by atomic mass is 32.1. The van der Waals surface area contributed by atoms with Crippen LogP contribution in [0.2, 0.25) is 0 Å². The second-order valence-electron chi connectivity index (χ2n) is 5.68. The lowest BCUT2D eigenvalue weighted by Crippen LogP contribution is -2.21. The van der Waals surface area contributed by atoms with Gasteiger partial charge in [0.2, 0.25) is 5.13 Å². The number of benzene rings is 1. The smallest absolute Gasteiger partial charge is 0.346 e. The number of carbonyl (C=O) groups is 1. The highest BCUT2D eigenvalue weighted by molar-refractivity contribution is 7.29. The number of carboxylic acid groups (broad SMARTS) is 1. The van der Waals surface area contributed by atoms with Crippen molar-refractivity contribution in [2.45, 2.75) is 13.8 Å². The zero-order chi connectivity index (χ0) is 20.1. The van der Waals surface area contributed by atoms with Gasteiger partial charge >= 0.3 is 5.97 Å². The number of nitriles is 1. The van der Waals surface area contributed by atoms with Crippen molar-refractivity contribution in [1.29, 1.82) is 5.26 Å². The van der Waals surface area contributed by atoms with E-state index in [1.54, 1.807) is 12.1 Å². The molecule has 0 bridgehead atoms. The first-order valence-corrected chi connectivity index (χ1v) is 10.2. The van der Waals surface area contributed by atoms with Gasteiger partial charge in [-0.3, -0.25) is 0 Å². The van der Waals surface area contributed by atoms with Crippen molar-refractivity contribution in [3.8, 4) is 6.07 Å². The zero-order valence-corrected chi connectivity index (χ0v) is 16.9. The SMILES string of the molecule is CCN(CC)c1ccc(/N=N/c2nc3sc(/C=C(\C#N)C(=O)O)cc3s2)cc1. The first-order valence-electron chi connectivity index (χ1n) is 8.56. The standard InChI is InChI=1S/C19H17N5O2S2/c1-3-24(4-2)14-7-5-13(6-8-14)22-23-19-21-17-16(28-19)10-15(27-17)9-12(11-20)18(25)26/h5-10H,3-4H2,1-2H3,(H,25,26)/b12-9+,23-22+. The molecule has 28 heavy (non-hydrogen) atoms. The maximum Gasteiger partial charge on any atom is 0.346 e. The van der Waals surface area contributed by atoms with Gasteiger partial charge < -0.3 is 10.0 Å². The average Bonchev–Trinajstić information content (AvgIpc) is 3.24. The van der Waals surface area contributed by atoms with E-state index in [0.29, 0.717) is 10.0 Å². The van der Waals surface area contributed by atoms with E-state index in [1.807, 2.05) is 24.3 Å². The molecular weight excluding hydrogens is 394 g/mol. The summed E-state index contributed by atoms with van der Waals surface area (Å²) in [6.45, 7) is 6.14. The minimum atomic E-state index is -1.24. The molecule has 0 fully saturated rings. The number of nitrogens with zero attached hydrogens (tertiary/aromatic N) is 5. The number of rotatable bonds is 7. The number of aliphatic carboxylic acids is 1. The molecule has 3 aromatic rings. The Morgan fingerprint density at radius 1 is 1.25 bits per heavy atom. The van der Waals surface area contributed by atoms with Crippen molar-refractivity contribution in [2.75, 3.05) is 18.0 Å². The number of anilines is 1. The third kappa shape index (κ3) is 4.42. The van der Waals surface area contributed by atoms with Crippen LogP contribution in [0.1, 0.15) is 18.7 Å². The Labute approximate surface area is 169 Å². The Morgan fingerprint density at radius 3 is 2.54 bits per heavy atom. The number of thiophene rings is 1. The van der Waals surface area contributed by atoms with Crippen LogP contribution in [-0.2, 0) is 4.79 Å². The van der Waals surface area contributed by atoms with Gasteiger partial charge in [0.25, 0.3) is 0 Å². The van der Waals surface area contributed by atoms with Crippen LogP contribution in [-0.4, -0.2) is 29.1 Å². The van der Waals surface area contributed by atoms with Gasteiger partial charge in [-0.15, -0.1) is 21.6 Å². The highest BCUT2D eigenvalue weighted by Crippen LogP contribution is 2.35. The molecule has 7 nitrogen and oxygen atoms in total. The molecule has 9 heteroatoms. The van der Waals surface area contributed by atoms with E-state index in [4.69, 9.17) is 10.4 Å². The normalized spacial score (nSPS) is 11.8. The minimum absolute atomic E-state index is 0.304. The van der Waals surface area contributed by atoms with Gasteiger partial charge in [0.05, 0.1) is 10.4 Å². The fourth-order valence-corrected chi connectivity index (χ4v) is 4.54. The molecule has 142 valence electrons. The van der Waals surface area contributed by atoms with Crippen LogP contribution in [0.3, 0.4) is 0 Å². The second kappa shape index (κ2) is 8.73. The molecule has 1 aromatic carbocycles.